The molecule has 2 nitrogen and oxygen atoms in total. The molecule has 1 aromatic carbocycles. The summed E-state index contributed by atoms with van der Waals surface area (Å²) in [6, 6.07) is 5.34. The molecule has 1 aromatic rings. The Morgan fingerprint density at radius 2 is 1.94 bits per heavy atom. The first-order chi connectivity index (χ1) is 8.61. The van der Waals surface area contributed by atoms with E-state index < -0.39 is 6.10 Å². The van der Waals surface area contributed by atoms with Gasteiger partial charge in [-0.15, -0.1) is 0 Å². The summed E-state index contributed by atoms with van der Waals surface area (Å²) in [4.78, 5) is 2.02. The lowest BCUT2D eigenvalue weighted by atomic mass is 9.93. The van der Waals surface area contributed by atoms with Gasteiger partial charge < -0.3 is 10.0 Å². The van der Waals surface area contributed by atoms with Crippen LogP contribution in [0.3, 0.4) is 0 Å². The molecule has 1 aliphatic rings. The number of para-hydroxylation sites is 1. The molecular weight excluding hydrogens is 229 g/mol. The van der Waals surface area contributed by atoms with Crippen LogP contribution in [0.2, 0.25) is 0 Å². The minimum absolute atomic E-state index is 0.235. The van der Waals surface area contributed by atoms with Crippen molar-refractivity contribution in [3.05, 3.63) is 29.6 Å². The fraction of sp³-hybridized carbons (Fsp3) is 0.600. The Morgan fingerprint density at radius 1 is 1.28 bits per heavy atom. The standard InChI is InChI=1S/C15H22FNO/c1-11(18)13-9-6-10-14(16)15(13)17(2)12-7-4-3-5-8-12/h6,9-12,18H,3-5,7-8H2,1-2H3/t11-/m1/s1. The molecule has 0 bridgehead atoms. The highest BCUT2D eigenvalue weighted by molar-refractivity contribution is 5.56. The van der Waals surface area contributed by atoms with Gasteiger partial charge in [-0.05, 0) is 25.8 Å². The number of hydrogen-bond acceptors (Lipinski definition) is 2. The molecule has 2 rings (SSSR count). The van der Waals surface area contributed by atoms with Crippen molar-refractivity contribution < 1.29 is 9.50 Å². The summed E-state index contributed by atoms with van der Waals surface area (Å²) in [5, 5.41) is 9.78. The Kier molecular flexibility index (Phi) is 4.23. The number of benzene rings is 1. The number of rotatable bonds is 3. The summed E-state index contributed by atoms with van der Waals surface area (Å²) in [5.41, 5.74) is 1.25. The molecule has 0 radical (unpaired) electrons. The van der Waals surface area contributed by atoms with E-state index in [9.17, 15) is 9.50 Å². The van der Waals surface area contributed by atoms with Crippen LogP contribution in [0.1, 0.15) is 50.7 Å². The number of halogens is 1. The number of nitrogens with zero attached hydrogens (tertiary/aromatic N) is 1. The van der Waals surface area contributed by atoms with Crippen molar-refractivity contribution in [2.24, 2.45) is 0 Å². The van der Waals surface area contributed by atoms with Crippen LogP contribution in [0, 0.1) is 5.82 Å². The molecule has 0 aromatic heterocycles. The van der Waals surface area contributed by atoms with E-state index >= 15 is 0 Å². The van der Waals surface area contributed by atoms with Crippen LogP contribution < -0.4 is 4.90 Å². The van der Waals surface area contributed by atoms with Crippen LogP contribution in [0.25, 0.3) is 0 Å². The molecule has 3 heteroatoms. The van der Waals surface area contributed by atoms with Gasteiger partial charge in [-0.2, -0.15) is 0 Å². The van der Waals surface area contributed by atoms with Crippen molar-refractivity contribution in [3.8, 4) is 0 Å². The Hall–Kier alpha value is -1.09. The van der Waals surface area contributed by atoms with Crippen molar-refractivity contribution in [1.29, 1.82) is 0 Å². The largest absolute Gasteiger partial charge is 0.389 e. The van der Waals surface area contributed by atoms with E-state index in [-0.39, 0.29) is 5.82 Å². The normalized spacial score (nSPS) is 18.7. The van der Waals surface area contributed by atoms with E-state index in [4.69, 9.17) is 0 Å². The Labute approximate surface area is 108 Å². The molecule has 1 saturated carbocycles. The fourth-order valence-electron chi connectivity index (χ4n) is 2.89. The highest BCUT2D eigenvalue weighted by Gasteiger charge is 2.23. The molecule has 0 saturated heterocycles. The average Bonchev–Trinajstić information content (AvgIpc) is 2.38. The van der Waals surface area contributed by atoms with Crippen LogP contribution >= 0.6 is 0 Å². The topological polar surface area (TPSA) is 23.5 Å². The highest BCUT2D eigenvalue weighted by atomic mass is 19.1. The quantitative estimate of drug-likeness (QED) is 0.886. The molecule has 18 heavy (non-hydrogen) atoms. The fourth-order valence-corrected chi connectivity index (χ4v) is 2.89. The number of anilines is 1. The minimum atomic E-state index is -0.637. The van der Waals surface area contributed by atoms with Crippen LogP contribution in [-0.2, 0) is 0 Å². The third-order valence-electron chi connectivity index (χ3n) is 3.94. The zero-order valence-corrected chi connectivity index (χ0v) is 11.2. The predicted molar refractivity (Wildman–Crippen MR) is 72.3 cm³/mol. The van der Waals surface area contributed by atoms with Gasteiger partial charge >= 0.3 is 0 Å². The Balaban J connectivity index is 2.30. The second kappa shape index (κ2) is 5.70. The molecule has 0 aliphatic heterocycles. The van der Waals surface area contributed by atoms with Gasteiger partial charge in [-0.25, -0.2) is 4.39 Å². The maximum Gasteiger partial charge on any atom is 0.146 e. The maximum absolute atomic E-state index is 14.1. The molecule has 0 heterocycles. The molecule has 100 valence electrons. The second-order valence-corrected chi connectivity index (χ2v) is 5.26. The number of aliphatic hydroxyl groups excluding tert-OH is 1. The summed E-state index contributed by atoms with van der Waals surface area (Å²) in [6.45, 7) is 1.69. The lowest BCUT2D eigenvalue weighted by Gasteiger charge is -2.34. The maximum atomic E-state index is 14.1. The summed E-state index contributed by atoms with van der Waals surface area (Å²) >= 11 is 0. The zero-order chi connectivity index (χ0) is 13.1. The molecule has 0 amide bonds. The second-order valence-electron chi connectivity index (χ2n) is 5.26. The summed E-state index contributed by atoms with van der Waals surface area (Å²) < 4.78 is 14.1. The summed E-state index contributed by atoms with van der Waals surface area (Å²) in [7, 11) is 1.94. The Morgan fingerprint density at radius 3 is 2.56 bits per heavy atom. The van der Waals surface area contributed by atoms with E-state index in [1.807, 2.05) is 18.0 Å². The third kappa shape index (κ3) is 2.66. The van der Waals surface area contributed by atoms with Crippen molar-refractivity contribution >= 4 is 5.69 Å². The minimum Gasteiger partial charge on any atom is -0.389 e. The number of hydrogen-bond donors (Lipinski definition) is 1. The third-order valence-corrected chi connectivity index (χ3v) is 3.94. The smallest absolute Gasteiger partial charge is 0.146 e. The molecular formula is C15H22FNO. The average molecular weight is 251 g/mol. The van der Waals surface area contributed by atoms with Crippen molar-refractivity contribution in [2.45, 2.75) is 51.2 Å². The first kappa shape index (κ1) is 13.3. The van der Waals surface area contributed by atoms with Crippen molar-refractivity contribution in [2.75, 3.05) is 11.9 Å². The van der Waals surface area contributed by atoms with Gasteiger partial charge in [0.25, 0.3) is 0 Å². The lowest BCUT2D eigenvalue weighted by molar-refractivity contribution is 0.199. The Bertz CT molecular complexity index is 399. The molecule has 1 aliphatic carbocycles. The van der Waals surface area contributed by atoms with Crippen molar-refractivity contribution in [1.82, 2.24) is 0 Å². The summed E-state index contributed by atoms with van der Waals surface area (Å²) in [5.74, 6) is -0.235. The predicted octanol–water partition coefficient (Wildman–Crippen LogP) is 3.65. The SMILES string of the molecule is C[C@@H](O)c1cccc(F)c1N(C)C1CCCCC1. The lowest BCUT2D eigenvalue weighted by Crippen LogP contribution is -2.34. The van der Waals surface area contributed by atoms with Gasteiger partial charge in [-0.3, -0.25) is 0 Å². The van der Waals surface area contributed by atoms with Crippen LogP contribution in [0.15, 0.2) is 18.2 Å². The molecule has 0 spiro atoms. The number of aliphatic hydroxyl groups is 1. The van der Waals surface area contributed by atoms with Crippen molar-refractivity contribution in [3.63, 3.8) is 0 Å². The first-order valence-corrected chi connectivity index (χ1v) is 6.80. The monoisotopic (exact) mass is 251 g/mol. The van der Waals surface area contributed by atoms with Crippen LogP contribution in [-0.4, -0.2) is 18.2 Å². The summed E-state index contributed by atoms with van der Waals surface area (Å²) in [6.07, 6.45) is 5.31. The van der Waals surface area contributed by atoms with E-state index in [0.717, 1.165) is 12.8 Å². The van der Waals surface area contributed by atoms with Crippen LogP contribution in [0.4, 0.5) is 10.1 Å². The molecule has 0 unspecified atom stereocenters. The highest BCUT2D eigenvalue weighted by Crippen LogP contribution is 2.33. The van der Waals surface area contributed by atoms with Gasteiger partial charge in [0.15, 0.2) is 0 Å². The van der Waals surface area contributed by atoms with E-state index in [2.05, 4.69) is 0 Å². The van der Waals surface area contributed by atoms with Gasteiger partial charge in [0.05, 0.1) is 11.8 Å². The van der Waals surface area contributed by atoms with Gasteiger partial charge in [0.1, 0.15) is 5.82 Å². The zero-order valence-electron chi connectivity index (χ0n) is 11.2. The van der Waals surface area contributed by atoms with Gasteiger partial charge in [0, 0.05) is 18.7 Å². The molecule has 1 N–H and O–H groups in total. The van der Waals surface area contributed by atoms with Gasteiger partial charge in [-0.1, -0.05) is 31.4 Å². The first-order valence-electron chi connectivity index (χ1n) is 6.80. The van der Waals surface area contributed by atoms with Crippen LogP contribution in [0.5, 0.6) is 0 Å². The van der Waals surface area contributed by atoms with E-state index in [1.54, 1.807) is 13.0 Å². The van der Waals surface area contributed by atoms with E-state index in [0.29, 0.717) is 17.3 Å². The van der Waals surface area contributed by atoms with Gasteiger partial charge in [0.2, 0.25) is 0 Å². The van der Waals surface area contributed by atoms with E-state index in [1.165, 1.54) is 25.3 Å². The molecule has 1 fully saturated rings. The molecule has 1 atom stereocenters.